The lowest BCUT2D eigenvalue weighted by atomic mass is 10.1. The van der Waals surface area contributed by atoms with Crippen molar-refractivity contribution in [2.75, 3.05) is 36.5 Å². The minimum Gasteiger partial charge on any atom is -0.465 e. The summed E-state index contributed by atoms with van der Waals surface area (Å²) in [4.78, 5) is 27.0. The number of amides is 1. The molecule has 1 atom stereocenters. The van der Waals surface area contributed by atoms with Gasteiger partial charge in [-0.05, 0) is 52.0 Å². The van der Waals surface area contributed by atoms with Gasteiger partial charge in [0.25, 0.3) is 5.91 Å². The van der Waals surface area contributed by atoms with Crippen LogP contribution in [0.1, 0.15) is 34.4 Å². The Hall–Kier alpha value is -2.80. The van der Waals surface area contributed by atoms with E-state index in [-0.39, 0.29) is 5.91 Å². The van der Waals surface area contributed by atoms with Crippen molar-refractivity contribution in [3.63, 3.8) is 0 Å². The van der Waals surface area contributed by atoms with Crippen LogP contribution in [0.3, 0.4) is 0 Å². The molecule has 0 bridgehead atoms. The van der Waals surface area contributed by atoms with Crippen LogP contribution in [-0.2, 0) is 14.3 Å². The highest BCUT2D eigenvalue weighted by Gasteiger charge is 2.24. The third-order valence-electron chi connectivity index (χ3n) is 4.93. The number of aryl methyl sites for hydroxylation is 2. The van der Waals surface area contributed by atoms with Gasteiger partial charge in [0, 0.05) is 30.0 Å². The number of ether oxygens (including phenoxy) is 2. The van der Waals surface area contributed by atoms with Gasteiger partial charge < -0.3 is 24.1 Å². The average Bonchev–Trinajstić information content (AvgIpc) is 2.94. The molecule has 7 nitrogen and oxygen atoms in total. The summed E-state index contributed by atoms with van der Waals surface area (Å²) in [5.41, 5.74) is 2.85. The largest absolute Gasteiger partial charge is 0.465 e. The third kappa shape index (κ3) is 4.36. The molecule has 0 aliphatic carbocycles. The second-order valence-corrected chi connectivity index (χ2v) is 6.90. The number of carbonyl (C=O) groups is 2. The van der Waals surface area contributed by atoms with Crippen LogP contribution >= 0.6 is 0 Å². The minimum atomic E-state index is -0.930. The Labute approximate surface area is 164 Å². The molecule has 0 radical (unpaired) electrons. The molecule has 0 spiro atoms. The maximum atomic E-state index is 12.4. The van der Waals surface area contributed by atoms with E-state index in [1.165, 1.54) is 0 Å². The Morgan fingerprint density at radius 2 is 1.71 bits per heavy atom. The second-order valence-electron chi connectivity index (χ2n) is 6.90. The topological polar surface area (TPSA) is 81.0 Å². The summed E-state index contributed by atoms with van der Waals surface area (Å²) in [6.07, 6.45) is -0.930. The van der Waals surface area contributed by atoms with Gasteiger partial charge in [-0.3, -0.25) is 4.79 Å². The first-order valence-corrected chi connectivity index (χ1v) is 9.38. The normalized spacial score (nSPS) is 15.2. The summed E-state index contributed by atoms with van der Waals surface area (Å²) < 4.78 is 16.1. The Morgan fingerprint density at radius 1 is 1.07 bits per heavy atom. The van der Waals surface area contributed by atoms with Gasteiger partial charge in [-0.25, -0.2) is 4.79 Å². The highest BCUT2D eigenvalue weighted by Crippen LogP contribution is 2.23. The number of morpholine rings is 1. The first-order chi connectivity index (χ1) is 13.4. The first-order valence-electron chi connectivity index (χ1n) is 9.38. The maximum Gasteiger partial charge on any atom is 0.342 e. The molecule has 2 aromatic rings. The molecule has 7 heteroatoms. The van der Waals surface area contributed by atoms with E-state index < -0.39 is 12.1 Å². The minimum absolute atomic E-state index is 0.381. The Balaban J connectivity index is 1.58. The van der Waals surface area contributed by atoms with Crippen LogP contribution < -0.4 is 10.2 Å². The molecule has 1 N–H and O–H groups in total. The molecule has 3 rings (SSSR count). The van der Waals surface area contributed by atoms with Gasteiger partial charge in [-0.15, -0.1) is 0 Å². The number of hydrogen-bond donors (Lipinski definition) is 1. The van der Waals surface area contributed by atoms with Crippen LogP contribution in [0.4, 0.5) is 11.4 Å². The van der Waals surface area contributed by atoms with E-state index in [0.29, 0.717) is 22.8 Å². The van der Waals surface area contributed by atoms with Crippen molar-refractivity contribution in [1.29, 1.82) is 0 Å². The van der Waals surface area contributed by atoms with Crippen molar-refractivity contribution < 1.29 is 23.5 Å². The van der Waals surface area contributed by atoms with Gasteiger partial charge in [0.1, 0.15) is 17.1 Å². The van der Waals surface area contributed by atoms with Crippen molar-refractivity contribution >= 4 is 23.3 Å². The summed E-state index contributed by atoms with van der Waals surface area (Å²) in [6.45, 7) is 9.98. The third-order valence-corrected chi connectivity index (χ3v) is 4.93. The summed E-state index contributed by atoms with van der Waals surface area (Å²) in [5, 5.41) is 2.78. The molecular weight excluding hydrogens is 360 g/mol. The summed E-state index contributed by atoms with van der Waals surface area (Å²) in [6, 6.07) is 7.59. The van der Waals surface area contributed by atoms with E-state index in [0.717, 1.165) is 37.6 Å². The number of esters is 1. The zero-order valence-corrected chi connectivity index (χ0v) is 16.7. The molecule has 1 aromatic carbocycles. The van der Waals surface area contributed by atoms with Crippen molar-refractivity contribution in [3.8, 4) is 0 Å². The smallest absolute Gasteiger partial charge is 0.342 e. The predicted octanol–water partition coefficient (Wildman–Crippen LogP) is 3.23. The van der Waals surface area contributed by atoms with Crippen molar-refractivity contribution in [2.45, 2.75) is 33.8 Å². The molecule has 2 heterocycles. The molecule has 150 valence electrons. The molecule has 1 aliphatic rings. The standard InChI is InChI=1S/C21H26N2O5/c1-13-14(2)27-15(3)19(13)21(25)28-16(4)20(24)22-17-5-7-18(8-6-17)23-9-11-26-12-10-23/h5-8,16H,9-12H2,1-4H3,(H,22,24)/t16-/m1/s1. The fraction of sp³-hybridized carbons (Fsp3) is 0.429. The number of hydrogen-bond acceptors (Lipinski definition) is 6. The SMILES string of the molecule is Cc1oc(C)c(C(=O)O[C@H](C)C(=O)Nc2ccc(N3CCOCC3)cc2)c1C. The number of carbonyl (C=O) groups excluding carboxylic acids is 2. The number of anilines is 2. The van der Waals surface area contributed by atoms with Gasteiger partial charge >= 0.3 is 5.97 Å². The number of nitrogens with zero attached hydrogens (tertiary/aromatic N) is 1. The molecule has 1 aliphatic heterocycles. The van der Waals surface area contributed by atoms with Gasteiger partial charge in [0.05, 0.1) is 13.2 Å². The van der Waals surface area contributed by atoms with Gasteiger partial charge in [0.15, 0.2) is 6.10 Å². The van der Waals surface area contributed by atoms with Crippen molar-refractivity contribution in [2.24, 2.45) is 0 Å². The molecule has 1 saturated heterocycles. The summed E-state index contributed by atoms with van der Waals surface area (Å²) >= 11 is 0. The molecule has 1 amide bonds. The van der Waals surface area contributed by atoms with Gasteiger partial charge in [-0.1, -0.05) is 0 Å². The lowest BCUT2D eigenvalue weighted by Crippen LogP contribution is -2.36. The highest BCUT2D eigenvalue weighted by atomic mass is 16.5. The fourth-order valence-corrected chi connectivity index (χ4v) is 3.19. The average molecular weight is 386 g/mol. The predicted molar refractivity (Wildman–Crippen MR) is 106 cm³/mol. The summed E-state index contributed by atoms with van der Waals surface area (Å²) in [7, 11) is 0. The fourth-order valence-electron chi connectivity index (χ4n) is 3.19. The number of nitrogens with one attached hydrogen (secondary N) is 1. The Morgan fingerprint density at radius 3 is 2.29 bits per heavy atom. The number of benzene rings is 1. The Bertz CT molecular complexity index is 850. The van der Waals surface area contributed by atoms with Crippen LogP contribution in [0, 0.1) is 20.8 Å². The molecule has 1 aromatic heterocycles. The van der Waals surface area contributed by atoms with Crippen LogP contribution in [-0.4, -0.2) is 44.3 Å². The van der Waals surface area contributed by atoms with Crippen LogP contribution in [0.5, 0.6) is 0 Å². The van der Waals surface area contributed by atoms with E-state index in [9.17, 15) is 9.59 Å². The van der Waals surface area contributed by atoms with Gasteiger partial charge in [0.2, 0.25) is 0 Å². The van der Waals surface area contributed by atoms with Crippen molar-refractivity contribution in [1.82, 2.24) is 0 Å². The quantitative estimate of drug-likeness (QED) is 0.795. The monoisotopic (exact) mass is 386 g/mol. The molecule has 28 heavy (non-hydrogen) atoms. The van der Waals surface area contributed by atoms with E-state index in [1.807, 2.05) is 24.3 Å². The molecule has 0 saturated carbocycles. The molecular formula is C21H26N2O5. The number of furan rings is 1. The maximum absolute atomic E-state index is 12.4. The van der Waals surface area contributed by atoms with Crippen molar-refractivity contribution in [3.05, 3.63) is 46.9 Å². The van der Waals surface area contributed by atoms with Crippen LogP contribution in [0.25, 0.3) is 0 Å². The lowest BCUT2D eigenvalue weighted by molar-refractivity contribution is -0.123. The highest BCUT2D eigenvalue weighted by molar-refractivity contribution is 5.98. The van der Waals surface area contributed by atoms with Crippen LogP contribution in [0.2, 0.25) is 0 Å². The van der Waals surface area contributed by atoms with Gasteiger partial charge in [-0.2, -0.15) is 0 Å². The zero-order chi connectivity index (χ0) is 20.3. The zero-order valence-electron chi connectivity index (χ0n) is 16.7. The van der Waals surface area contributed by atoms with Crippen LogP contribution in [0.15, 0.2) is 28.7 Å². The lowest BCUT2D eigenvalue weighted by Gasteiger charge is -2.28. The van der Waals surface area contributed by atoms with E-state index in [2.05, 4.69) is 10.2 Å². The first kappa shape index (κ1) is 19.9. The van der Waals surface area contributed by atoms with E-state index >= 15 is 0 Å². The number of rotatable bonds is 5. The van der Waals surface area contributed by atoms with E-state index in [4.69, 9.17) is 13.9 Å². The Kier molecular flexibility index (Phi) is 6.04. The second kappa shape index (κ2) is 8.48. The molecule has 1 fully saturated rings. The summed E-state index contributed by atoms with van der Waals surface area (Å²) in [5.74, 6) is 0.216. The van der Waals surface area contributed by atoms with E-state index in [1.54, 1.807) is 27.7 Å². The molecule has 0 unspecified atom stereocenters.